The third kappa shape index (κ3) is 2.98. The van der Waals surface area contributed by atoms with Crippen molar-refractivity contribution in [2.24, 2.45) is 0 Å². The van der Waals surface area contributed by atoms with E-state index < -0.39 is 0 Å². The Kier molecular flexibility index (Phi) is 4.87. The Hall–Kier alpha value is -0.290. The predicted octanol–water partition coefficient (Wildman–Crippen LogP) is 5.32. The molecule has 1 fully saturated rings. The first kappa shape index (κ1) is 14.6. The van der Waals surface area contributed by atoms with Crippen molar-refractivity contribution in [2.75, 3.05) is 5.88 Å². The minimum Gasteiger partial charge on any atom is -0.325 e. The van der Waals surface area contributed by atoms with Gasteiger partial charge in [-0.2, -0.15) is 0 Å². The van der Waals surface area contributed by atoms with Gasteiger partial charge in [-0.25, -0.2) is 4.98 Å². The molecule has 2 aromatic rings. The summed E-state index contributed by atoms with van der Waals surface area (Å²) in [5.41, 5.74) is 2.42. The molecule has 0 radical (unpaired) electrons. The molecule has 0 atom stereocenters. The number of imidazole rings is 1. The zero-order valence-electron chi connectivity index (χ0n) is 11.6. The maximum absolute atomic E-state index is 5.98. The van der Waals surface area contributed by atoms with Crippen LogP contribution in [0.25, 0.3) is 11.0 Å². The first-order valence-electron chi connectivity index (χ1n) is 7.52. The molecule has 0 amide bonds. The first-order valence-corrected chi connectivity index (χ1v) is 9.13. The van der Waals surface area contributed by atoms with E-state index in [-0.39, 0.29) is 0 Å². The zero-order valence-corrected chi connectivity index (χ0v) is 14.5. The van der Waals surface area contributed by atoms with Gasteiger partial charge >= 0.3 is 0 Å². The van der Waals surface area contributed by atoms with Crippen molar-refractivity contribution in [1.82, 2.24) is 9.55 Å². The third-order valence-electron chi connectivity index (χ3n) is 4.23. The van der Waals surface area contributed by atoms with Gasteiger partial charge in [0.2, 0.25) is 0 Å². The molecule has 1 aliphatic carbocycles. The third-order valence-corrected chi connectivity index (χ3v) is 5.09. The summed E-state index contributed by atoms with van der Waals surface area (Å²) in [6, 6.07) is 7.20. The van der Waals surface area contributed by atoms with Gasteiger partial charge in [-0.1, -0.05) is 25.7 Å². The minimum absolute atomic E-state index is 0.612. The molecule has 0 saturated heterocycles. The van der Waals surface area contributed by atoms with Crippen LogP contribution < -0.4 is 0 Å². The van der Waals surface area contributed by atoms with Crippen molar-refractivity contribution in [3.63, 3.8) is 0 Å². The Morgan fingerprint density at radius 3 is 2.65 bits per heavy atom. The van der Waals surface area contributed by atoms with Crippen LogP contribution >= 0.6 is 34.2 Å². The zero-order chi connectivity index (χ0) is 13.9. The summed E-state index contributed by atoms with van der Waals surface area (Å²) >= 11 is 8.34. The summed E-state index contributed by atoms with van der Waals surface area (Å²) in [5, 5.41) is 0. The average molecular weight is 403 g/mol. The van der Waals surface area contributed by atoms with Gasteiger partial charge in [0.1, 0.15) is 5.82 Å². The maximum Gasteiger partial charge on any atom is 0.111 e. The molecule has 1 aromatic heterocycles. The second-order valence-corrected chi connectivity index (χ2v) is 7.24. The second-order valence-electron chi connectivity index (χ2n) is 5.62. The van der Waals surface area contributed by atoms with Crippen LogP contribution in [0, 0.1) is 3.57 Å². The van der Waals surface area contributed by atoms with Gasteiger partial charge in [-0.3, -0.25) is 0 Å². The highest BCUT2D eigenvalue weighted by atomic mass is 127. The smallest absolute Gasteiger partial charge is 0.111 e. The molecule has 4 heteroatoms. The summed E-state index contributed by atoms with van der Waals surface area (Å²) in [5.74, 6) is 1.82. The number of hydrogen-bond donors (Lipinski definition) is 0. The highest BCUT2D eigenvalue weighted by Gasteiger charge is 2.20. The molecule has 1 saturated carbocycles. The van der Waals surface area contributed by atoms with Gasteiger partial charge in [0, 0.05) is 21.9 Å². The first-order chi connectivity index (χ1) is 9.79. The van der Waals surface area contributed by atoms with Gasteiger partial charge in [0.15, 0.2) is 0 Å². The van der Waals surface area contributed by atoms with Crippen LogP contribution in [0.1, 0.15) is 50.4 Å². The average Bonchev–Trinajstić information content (AvgIpc) is 2.63. The monoisotopic (exact) mass is 402 g/mol. The van der Waals surface area contributed by atoms with E-state index in [1.54, 1.807) is 0 Å². The van der Waals surface area contributed by atoms with E-state index >= 15 is 0 Å². The van der Waals surface area contributed by atoms with Crippen LogP contribution in [0.2, 0.25) is 0 Å². The fourth-order valence-electron chi connectivity index (χ4n) is 3.31. The van der Waals surface area contributed by atoms with E-state index in [1.807, 2.05) is 0 Å². The van der Waals surface area contributed by atoms with E-state index in [1.165, 1.54) is 53.4 Å². The molecule has 2 nitrogen and oxygen atoms in total. The standard InChI is InChI=1S/C16H20ClIN2/c17-10-9-16-19-14-11-12(18)7-8-15(14)20(16)13-5-3-1-2-4-6-13/h7-8,11,13H,1-6,9-10H2. The molecule has 0 N–H and O–H groups in total. The summed E-state index contributed by atoms with van der Waals surface area (Å²) in [6.45, 7) is 0. The highest BCUT2D eigenvalue weighted by molar-refractivity contribution is 14.1. The van der Waals surface area contributed by atoms with Crippen molar-refractivity contribution < 1.29 is 0 Å². The minimum atomic E-state index is 0.612. The number of aryl methyl sites for hydroxylation is 1. The fraction of sp³-hybridized carbons (Fsp3) is 0.562. The molecule has 1 heterocycles. The van der Waals surface area contributed by atoms with Crippen molar-refractivity contribution in [3.8, 4) is 0 Å². The van der Waals surface area contributed by atoms with Crippen molar-refractivity contribution in [3.05, 3.63) is 27.6 Å². The van der Waals surface area contributed by atoms with Crippen LogP contribution in [0.5, 0.6) is 0 Å². The Bertz CT molecular complexity index is 585. The number of halogens is 2. The molecule has 0 unspecified atom stereocenters. The molecule has 20 heavy (non-hydrogen) atoms. The largest absolute Gasteiger partial charge is 0.325 e. The van der Waals surface area contributed by atoms with Crippen molar-refractivity contribution >= 4 is 45.2 Å². The number of aromatic nitrogens is 2. The number of benzene rings is 1. The van der Waals surface area contributed by atoms with Gasteiger partial charge in [-0.15, -0.1) is 11.6 Å². The van der Waals surface area contributed by atoms with E-state index in [2.05, 4.69) is 45.4 Å². The number of rotatable bonds is 3. The van der Waals surface area contributed by atoms with Gasteiger partial charge in [0.05, 0.1) is 11.0 Å². The maximum atomic E-state index is 5.98. The molecule has 108 valence electrons. The summed E-state index contributed by atoms with van der Waals surface area (Å²) in [7, 11) is 0. The summed E-state index contributed by atoms with van der Waals surface area (Å²) < 4.78 is 3.73. The lowest BCUT2D eigenvalue weighted by molar-refractivity contribution is 0.441. The molecule has 0 bridgehead atoms. The quantitative estimate of drug-likeness (QED) is 0.386. The lowest BCUT2D eigenvalue weighted by atomic mass is 10.1. The van der Waals surface area contributed by atoms with E-state index in [9.17, 15) is 0 Å². The van der Waals surface area contributed by atoms with Crippen LogP contribution in [0.4, 0.5) is 0 Å². The molecule has 0 spiro atoms. The lowest BCUT2D eigenvalue weighted by Gasteiger charge is -2.20. The molecular formula is C16H20ClIN2. The molecule has 0 aliphatic heterocycles. The summed E-state index contributed by atoms with van der Waals surface area (Å²) in [6.07, 6.45) is 8.88. The fourth-order valence-corrected chi connectivity index (χ4v) is 3.95. The molecule has 3 rings (SSSR count). The Labute approximate surface area is 139 Å². The number of nitrogens with zero attached hydrogens (tertiary/aromatic N) is 2. The topological polar surface area (TPSA) is 17.8 Å². The van der Waals surface area contributed by atoms with E-state index in [0.717, 1.165) is 11.9 Å². The van der Waals surface area contributed by atoms with E-state index in [4.69, 9.17) is 16.6 Å². The van der Waals surface area contributed by atoms with Gasteiger partial charge < -0.3 is 4.57 Å². The second kappa shape index (κ2) is 6.65. The van der Waals surface area contributed by atoms with Gasteiger partial charge in [0.25, 0.3) is 0 Å². The van der Waals surface area contributed by atoms with Crippen molar-refractivity contribution in [1.29, 1.82) is 0 Å². The Balaban J connectivity index is 2.07. The number of hydrogen-bond acceptors (Lipinski definition) is 1. The normalized spacial score (nSPS) is 17.5. The molecular weight excluding hydrogens is 383 g/mol. The van der Waals surface area contributed by atoms with E-state index in [0.29, 0.717) is 11.9 Å². The SMILES string of the molecule is ClCCc1nc2cc(I)ccc2n1C1CCCCCC1. The Morgan fingerprint density at radius 1 is 1.20 bits per heavy atom. The highest BCUT2D eigenvalue weighted by Crippen LogP contribution is 2.32. The van der Waals surface area contributed by atoms with Crippen molar-refractivity contribution in [2.45, 2.75) is 51.0 Å². The van der Waals surface area contributed by atoms with Crippen LogP contribution in [-0.2, 0) is 6.42 Å². The van der Waals surface area contributed by atoms with Crippen LogP contribution in [0.15, 0.2) is 18.2 Å². The molecule has 1 aromatic carbocycles. The van der Waals surface area contributed by atoms with Gasteiger partial charge in [-0.05, 0) is 53.6 Å². The molecule has 1 aliphatic rings. The van der Waals surface area contributed by atoms with Crippen LogP contribution in [0.3, 0.4) is 0 Å². The number of fused-ring (bicyclic) bond motifs is 1. The summed E-state index contributed by atoms with van der Waals surface area (Å²) in [4.78, 5) is 4.84. The van der Waals surface area contributed by atoms with Crippen LogP contribution in [-0.4, -0.2) is 15.4 Å². The number of alkyl halides is 1. The predicted molar refractivity (Wildman–Crippen MR) is 93.6 cm³/mol. The Morgan fingerprint density at radius 2 is 1.95 bits per heavy atom. The lowest BCUT2D eigenvalue weighted by Crippen LogP contribution is -2.12.